The van der Waals surface area contributed by atoms with Crippen LogP contribution in [0.3, 0.4) is 0 Å². The standard InChI is InChI=1S/C12H11N3O2S/c1-7-6-18-11(14-7)5-13-8-2-3-10-9(4-8)15-12(16)17-10/h2-4,6,13H,5H2,1H3,(H,15,16). The van der Waals surface area contributed by atoms with Gasteiger partial charge in [-0.3, -0.25) is 4.98 Å². The maximum Gasteiger partial charge on any atom is 0.417 e. The Hall–Kier alpha value is -2.08. The number of rotatable bonds is 3. The van der Waals surface area contributed by atoms with Crippen LogP contribution in [-0.4, -0.2) is 9.97 Å². The Bertz CT molecular complexity index is 741. The topological polar surface area (TPSA) is 70.9 Å². The van der Waals surface area contributed by atoms with Gasteiger partial charge in [0.25, 0.3) is 0 Å². The summed E-state index contributed by atoms with van der Waals surface area (Å²) in [5.41, 5.74) is 3.22. The van der Waals surface area contributed by atoms with Gasteiger partial charge in [-0.1, -0.05) is 0 Å². The van der Waals surface area contributed by atoms with Crippen LogP contribution in [0.5, 0.6) is 0 Å². The lowest BCUT2D eigenvalue weighted by Gasteiger charge is -2.03. The van der Waals surface area contributed by atoms with Gasteiger partial charge in [-0.05, 0) is 25.1 Å². The zero-order valence-electron chi connectivity index (χ0n) is 9.69. The minimum absolute atomic E-state index is 0.433. The molecule has 0 amide bonds. The summed E-state index contributed by atoms with van der Waals surface area (Å²) in [4.78, 5) is 18.0. The van der Waals surface area contributed by atoms with Crippen molar-refractivity contribution in [3.63, 3.8) is 0 Å². The summed E-state index contributed by atoms with van der Waals surface area (Å²) in [6, 6.07) is 5.49. The molecule has 92 valence electrons. The highest BCUT2D eigenvalue weighted by Gasteiger charge is 2.03. The van der Waals surface area contributed by atoms with Crippen molar-refractivity contribution in [3.05, 3.63) is 44.8 Å². The molecule has 0 radical (unpaired) electrons. The summed E-state index contributed by atoms with van der Waals surface area (Å²) in [6.45, 7) is 2.65. The number of aromatic nitrogens is 2. The van der Waals surface area contributed by atoms with E-state index >= 15 is 0 Å². The summed E-state index contributed by atoms with van der Waals surface area (Å²) >= 11 is 1.63. The first-order valence-electron chi connectivity index (χ1n) is 5.48. The average molecular weight is 261 g/mol. The van der Waals surface area contributed by atoms with Crippen molar-refractivity contribution in [1.29, 1.82) is 0 Å². The van der Waals surface area contributed by atoms with Gasteiger partial charge in [0.1, 0.15) is 5.01 Å². The van der Waals surface area contributed by atoms with E-state index in [0.717, 1.165) is 16.4 Å². The number of hydrogen-bond donors (Lipinski definition) is 2. The van der Waals surface area contributed by atoms with E-state index in [1.54, 1.807) is 17.4 Å². The quantitative estimate of drug-likeness (QED) is 0.760. The first kappa shape index (κ1) is 11.0. The summed E-state index contributed by atoms with van der Waals surface area (Å²) in [5, 5.41) is 6.32. The van der Waals surface area contributed by atoms with Gasteiger partial charge in [-0.15, -0.1) is 11.3 Å². The smallest absolute Gasteiger partial charge is 0.408 e. The van der Waals surface area contributed by atoms with Gasteiger partial charge in [0.2, 0.25) is 0 Å². The number of anilines is 1. The van der Waals surface area contributed by atoms with E-state index in [1.165, 1.54) is 0 Å². The molecule has 0 fully saturated rings. The summed E-state index contributed by atoms with van der Waals surface area (Å²) < 4.78 is 4.94. The molecule has 3 rings (SSSR count). The first-order valence-corrected chi connectivity index (χ1v) is 6.36. The van der Waals surface area contributed by atoms with E-state index in [9.17, 15) is 4.79 Å². The van der Waals surface area contributed by atoms with Crippen LogP contribution in [0.2, 0.25) is 0 Å². The highest BCUT2D eigenvalue weighted by molar-refractivity contribution is 7.09. The third kappa shape index (κ3) is 2.14. The zero-order valence-corrected chi connectivity index (χ0v) is 10.5. The number of aromatic amines is 1. The Morgan fingerprint density at radius 2 is 2.39 bits per heavy atom. The zero-order chi connectivity index (χ0) is 12.5. The van der Waals surface area contributed by atoms with Crippen molar-refractivity contribution in [2.45, 2.75) is 13.5 Å². The number of thiazole rings is 1. The molecule has 0 spiro atoms. The van der Waals surface area contributed by atoms with Crippen molar-refractivity contribution in [2.24, 2.45) is 0 Å². The molecule has 5 nitrogen and oxygen atoms in total. The van der Waals surface area contributed by atoms with E-state index < -0.39 is 5.76 Å². The molecule has 18 heavy (non-hydrogen) atoms. The Morgan fingerprint density at radius 1 is 1.50 bits per heavy atom. The Morgan fingerprint density at radius 3 is 3.17 bits per heavy atom. The Kier molecular flexibility index (Phi) is 2.64. The number of benzene rings is 1. The minimum atomic E-state index is -0.433. The molecule has 2 aromatic heterocycles. The number of oxazole rings is 1. The molecule has 3 aromatic rings. The number of nitrogens with one attached hydrogen (secondary N) is 2. The summed E-state index contributed by atoms with van der Waals surface area (Å²) in [5.74, 6) is -0.433. The number of aryl methyl sites for hydroxylation is 1. The number of fused-ring (bicyclic) bond motifs is 1. The average Bonchev–Trinajstić information content (AvgIpc) is 2.90. The molecule has 0 aliphatic carbocycles. The lowest BCUT2D eigenvalue weighted by atomic mass is 10.3. The minimum Gasteiger partial charge on any atom is -0.408 e. The molecule has 0 atom stereocenters. The van der Waals surface area contributed by atoms with Gasteiger partial charge >= 0.3 is 5.76 Å². The van der Waals surface area contributed by atoms with Crippen LogP contribution in [0, 0.1) is 6.92 Å². The molecule has 0 aliphatic rings. The molecule has 1 aromatic carbocycles. The largest absolute Gasteiger partial charge is 0.417 e. The highest BCUT2D eigenvalue weighted by Crippen LogP contribution is 2.17. The van der Waals surface area contributed by atoms with Crippen LogP contribution >= 0.6 is 11.3 Å². The normalized spacial score (nSPS) is 10.9. The molecule has 6 heteroatoms. The second kappa shape index (κ2) is 4.30. The maximum atomic E-state index is 11.0. The Balaban J connectivity index is 1.80. The third-order valence-electron chi connectivity index (χ3n) is 2.53. The van der Waals surface area contributed by atoms with E-state index in [-0.39, 0.29) is 0 Å². The molecule has 0 saturated heterocycles. The van der Waals surface area contributed by atoms with E-state index in [4.69, 9.17) is 4.42 Å². The van der Waals surface area contributed by atoms with Gasteiger partial charge in [-0.25, -0.2) is 9.78 Å². The first-order chi connectivity index (χ1) is 8.70. The van der Waals surface area contributed by atoms with Gasteiger partial charge in [0.05, 0.1) is 12.1 Å². The van der Waals surface area contributed by atoms with Crippen molar-refractivity contribution in [1.82, 2.24) is 9.97 Å². The predicted molar refractivity (Wildman–Crippen MR) is 71.0 cm³/mol. The molecule has 2 heterocycles. The lowest BCUT2D eigenvalue weighted by molar-refractivity contribution is 0.555. The van der Waals surface area contributed by atoms with E-state index in [0.29, 0.717) is 17.6 Å². The number of H-pyrrole nitrogens is 1. The monoisotopic (exact) mass is 261 g/mol. The van der Waals surface area contributed by atoms with Gasteiger partial charge in [0, 0.05) is 16.8 Å². The molecule has 0 aliphatic heterocycles. The molecule has 2 N–H and O–H groups in total. The maximum absolute atomic E-state index is 11.0. The molecular weight excluding hydrogens is 250 g/mol. The second-order valence-electron chi connectivity index (χ2n) is 3.96. The predicted octanol–water partition coefficient (Wildman–Crippen LogP) is 2.50. The van der Waals surface area contributed by atoms with Crippen molar-refractivity contribution in [2.75, 3.05) is 5.32 Å². The van der Waals surface area contributed by atoms with Gasteiger partial charge in [-0.2, -0.15) is 0 Å². The van der Waals surface area contributed by atoms with Crippen LogP contribution < -0.4 is 11.1 Å². The highest BCUT2D eigenvalue weighted by atomic mass is 32.1. The SMILES string of the molecule is Cc1csc(CNc2ccc3oc(=O)[nH]c3c2)n1. The van der Waals surface area contributed by atoms with Crippen LogP contribution in [0.15, 0.2) is 32.8 Å². The molecule has 0 bridgehead atoms. The molecule has 0 unspecified atom stereocenters. The third-order valence-corrected chi connectivity index (χ3v) is 3.50. The van der Waals surface area contributed by atoms with Crippen LogP contribution in [0.4, 0.5) is 5.69 Å². The van der Waals surface area contributed by atoms with Crippen molar-refractivity contribution < 1.29 is 4.42 Å². The fourth-order valence-corrected chi connectivity index (χ4v) is 2.44. The van der Waals surface area contributed by atoms with Gasteiger partial charge < -0.3 is 9.73 Å². The lowest BCUT2D eigenvalue weighted by Crippen LogP contribution is -1.98. The fourth-order valence-electron chi connectivity index (χ4n) is 1.72. The van der Waals surface area contributed by atoms with E-state index in [1.807, 2.05) is 24.4 Å². The number of hydrogen-bond acceptors (Lipinski definition) is 5. The van der Waals surface area contributed by atoms with E-state index in [2.05, 4.69) is 15.3 Å². The van der Waals surface area contributed by atoms with Crippen LogP contribution in [0.25, 0.3) is 11.1 Å². The molecule has 0 saturated carbocycles. The molecular formula is C12H11N3O2S. The summed E-state index contributed by atoms with van der Waals surface area (Å²) in [6.07, 6.45) is 0. The fraction of sp³-hybridized carbons (Fsp3) is 0.167. The van der Waals surface area contributed by atoms with Crippen molar-refractivity contribution >= 4 is 28.1 Å². The second-order valence-corrected chi connectivity index (χ2v) is 4.90. The van der Waals surface area contributed by atoms with Crippen LogP contribution in [0.1, 0.15) is 10.7 Å². The van der Waals surface area contributed by atoms with Gasteiger partial charge in [0.15, 0.2) is 5.58 Å². The van der Waals surface area contributed by atoms with Crippen molar-refractivity contribution in [3.8, 4) is 0 Å². The number of nitrogens with zero attached hydrogens (tertiary/aromatic N) is 1. The Labute approximate surface area is 106 Å². The van der Waals surface area contributed by atoms with Crippen LogP contribution in [-0.2, 0) is 6.54 Å². The summed E-state index contributed by atoms with van der Waals surface area (Å²) in [7, 11) is 0.